The third-order valence-corrected chi connectivity index (χ3v) is 3.59. The summed E-state index contributed by atoms with van der Waals surface area (Å²) >= 11 is 0. The number of carbonyl (C=O) groups is 1. The fraction of sp³-hybridized carbons (Fsp3) is 0.385. The van der Waals surface area contributed by atoms with Gasteiger partial charge in [-0.15, -0.1) is 0 Å². The zero-order chi connectivity index (χ0) is 14.8. The first-order valence-electron chi connectivity index (χ1n) is 6.24. The highest BCUT2D eigenvalue weighted by Crippen LogP contribution is 2.30. The Labute approximate surface area is 114 Å². The topological polar surface area (TPSA) is 87.7 Å². The van der Waals surface area contributed by atoms with E-state index in [0.29, 0.717) is 12.8 Å². The number of hydrogen-bond donors (Lipinski definition) is 3. The largest absolute Gasteiger partial charge is 0.409 e. The van der Waals surface area contributed by atoms with Crippen LogP contribution in [-0.2, 0) is 0 Å². The molecular weight excluding hydrogens is 268 g/mol. The first-order chi connectivity index (χ1) is 9.48. The minimum absolute atomic E-state index is 0.0130. The van der Waals surface area contributed by atoms with E-state index in [1.165, 1.54) is 6.07 Å². The molecule has 0 bridgehead atoms. The molecular formula is C13H15F2N3O2. The number of carbonyl (C=O) groups excluding carboxylic acids is 1. The van der Waals surface area contributed by atoms with E-state index < -0.39 is 23.1 Å². The lowest BCUT2D eigenvalue weighted by atomic mass is 9.95. The minimum atomic E-state index is -1.10. The van der Waals surface area contributed by atoms with Crippen LogP contribution in [0.15, 0.2) is 23.4 Å². The van der Waals surface area contributed by atoms with E-state index in [1.54, 1.807) is 0 Å². The van der Waals surface area contributed by atoms with E-state index in [0.717, 1.165) is 25.0 Å². The number of nitrogens with one attached hydrogen (secondary N) is 1. The maximum absolute atomic E-state index is 13.1. The van der Waals surface area contributed by atoms with Gasteiger partial charge in [-0.3, -0.25) is 4.79 Å². The number of nitrogens with zero attached hydrogens (tertiary/aromatic N) is 1. The first kappa shape index (κ1) is 14.2. The smallest absolute Gasteiger partial charge is 0.252 e. The molecule has 7 heteroatoms. The van der Waals surface area contributed by atoms with Gasteiger partial charge < -0.3 is 16.3 Å². The lowest BCUT2D eigenvalue weighted by molar-refractivity contribution is 0.0922. The number of halogens is 2. The van der Waals surface area contributed by atoms with Gasteiger partial charge in [0.25, 0.3) is 5.91 Å². The zero-order valence-electron chi connectivity index (χ0n) is 10.7. The summed E-state index contributed by atoms with van der Waals surface area (Å²) in [7, 11) is 0. The molecule has 1 aliphatic rings. The summed E-state index contributed by atoms with van der Waals surface area (Å²) in [5, 5.41) is 14.5. The molecule has 1 amide bonds. The monoisotopic (exact) mass is 283 g/mol. The van der Waals surface area contributed by atoms with Crippen molar-refractivity contribution in [3.05, 3.63) is 35.4 Å². The summed E-state index contributed by atoms with van der Waals surface area (Å²) in [6.45, 7) is 0. The molecule has 20 heavy (non-hydrogen) atoms. The van der Waals surface area contributed by atoms with Crippen molar-refractivity contribution in [2.24, 2.45) is 10.9 Å². The van der Waals surface area contributed by atoms with E-state index in [-0.39, 0.29) is 11.4 Å². The molecule has 5 nitrogen and oxygen atoms in total. The summed E-state index contributed by atoms with van der Waals surface area (Å²) in [6.07, 6.45) is 2.74. The van der Waals surface area contributed by atoms with Gasteiger partial charge in [-0.1, -0.05) is 18.0 Å². The van der Waals surface area contributed by atoms with Gasteiger partial charge in [-0.2, -0.15) is 0 Å². The third-order valence-electron chi connectivity index (χ3n) is 3.59. The molecule has 0 radical (unpaired) electrons. The molecule has 0 aromatic heterocycles. The first-order valence-corrected chi connectivity index (χ1v) is 6.24. The quantitative estimate of drug-likeness (QED) is 0.342. The number of amides is 1. The third kappa shape index (κ3) is 2.56. The van der Waals surface area contributed by atoms with Gasteiger partial charge in [-0.05, 0) is 31.0 Å². The van der Waals surface area contributed by atoms with Crippen LogP contribution >= 0.6 is 0 Å². The van der Waals surface area contributed by atoms with Crippen molar-refractivity contribution in [1.82, 2.24) is 5.32 Å². The Morgan fingerprint density at radius 2 is 1.95 bits per heavy atom. The second-order valence-corrected chi connectivity index (χ2v) is 4.86. The Morgan fingerprint density at radius 1 is 1.30 bits per heavy atom. The fourth-order valence-electron chi connectivity index (χ4n) is 2.45. The Bertz CT molecular complexity index is 555. The average Bonchev–Trinajstić information content (AvgIpc) is 2.90. The Morgan fingerprint density at radius 3 is 2.50 bits per heavy atom. The lowest BCUT2D eigenvalue weighted by Crippen LogP contribution is -2.55. The standard InChI is InChI=1S/C13H15F2N3O2/c14-9-4-3-8(7-10(9)15)11(19)17-13(12(16)18-20)5-1-2-6-13/h3-4,7,20H,1-2,5-6H2,(H2,16,18)(H,17,19). The number of oxime groups is 1. The van der Waals surface area contributed by atoms with Gasteiger partial charge in [0.05, 0.1) is 0 Å². The number of hydrogen-bond acceptors (Lipinski definition) is 3. The summed E-state index contributed by atoms with van der Waals surface area (Å²) in [6, 6.07) is 2.89. The van der Waals surface area contributed by atoms with E-state index in [2.05, 4.69) is 10.5 Å². The van der Waals surface area contributed by atoms with Crippen LogP contribution in [0, 0.1) is 11.6 Å². The SMILES string of the molecule is N/C(=N/O)C1(NC(=O)c2ccc(F)c(F)c2)CCCC1. The van der Waals surface area contributed by atoms with E-state index >= 15 is 0 Å². The summed E-state index contributed by atoms with van der Waals surface area (Å²) in [5.74, 6) is -2.78. The van der Waals surface area contributed by atoms with Gasteiger partial charge >= 0.3 is 0 Å². The molecule has 0 heterocycles. The van der Waals surface area contributed by atoms with Crippen molar-refractivity contribution in [1.29, 1.82) is 0 Å². The van der Waals surface area contributed by atoms with Gasteiger partial charge in [0, 0.05) is 5.56 Å². The highest BCUT2D eigenvalue weighted by Gasteiger charge is 2.40. The second kappa shape index (κ2) is 5.44. The minimum Gasteiger partial charge on any atom is -0.409 e. The predicted octanol–water partition coefficient (Wildman–Crippen LogP) is 1.75. The molecule has 0 unspecified atom stereocenters. The lowest BCUT2D eigenvalue weighted by Gasteiger charge is -2.28. The van der Waals surface area contributed by atoms with E-state index in [4.69, 9.17) is 10.9 Å². The molecule has 4 N–H and O–H groups in total. The molecule has 0 spiro atoms. The van der Waals surface area contributed by atoms with Crippen LogP contribution in [0.1, 0.15) is 36.0 Å². The van der Waals surface area contributed by atoms with Crippen LogP contribution in [-0.4, -0.2) is 22.5 Å². The van der Waals surface area contributed by atoms with Crippen molar-refractivity contribution in [3.63, 3.8) is 0 Å². The molecule has 1 saturated carbocycles. The molecule has 108 valence electrons. The predicted molar refractivity (Wildman–Crippen MR) is 68.4 cm³/mol. The van der Waals surface area contributed by atoms with Gasteiger partial charge in [-0.25, -0.2) is 8.78 Å². The Hall–Kier alpha value is -2.18. The highest BCUT2D eigenvalue weighted by molar-refractivity contribution is 6.00. The summed E-state index contributed by atoms with van der Waals surface area (Å²) in [5.41, 5.74) is 4.71. The number of nitrogens with two attached hydrogens (primary N) is 1. The van der Waals surface area contributed by atoms with Crippen LogP contribution < -0.4 is 11.1 Å². The maximum Gasteiger partial charge on any atom is 0.252 e. The van der Waals surface area contributed by atoms with Crippen LogP contribution in [0.3, 0.4) is 0 Å². The molecule has 1 aliphatic carbocycles. The molecule has 1 aromatic rings. The molecule has 0 saturated heterocycles. The number of benzene rings is 1. The van der Waals surface area contributed by atoms with Crippen molar-refractivity contribution in [2.75, 3.05) is 0 Å². The van der Waals surface area contributed by atoms with E-state index in [9.17, 15) is 13.6 Å². The molecule has 0 aliphatic heterocycles. The van der Waals surface area contributed by atoms with Crippen molar-refractivity contribution in [2.45, 2.75) is 31.2 Å². The number of rotatable bonds is 3. The normalized spacial score (nSPS) is 18.0. The van der Waals surface area contributed by atoms with E-state index in [1.807, 2.05) is 0 Å². The van der Waals surface area contributed by atoms with Crippen LogP contribution in [0.2, 0.25) is 0 Å². The van der Waals surface area contributed by atoms with Gasteiger partial charge in [0.2, 0.25) is 0 Å². The van der Waals surface area contributed by atoms with Gasteiger partial charge in [0.15, 0.2) is 17.5 Å². The highest BCUT2D eigenvalue weighted by atomic mass is 19.2. The van der Waals surface area contributed by atoms with Crippen LogP contribution in [0.4, 0.5) is 8.78 Å². The fourth-order valence-corrected chi connectivity index (χ4v) is 2.45. The number of amidine groups is 1. The summed E-state index contributed by atoms with van der Waals surface area (Å²) < 4.78 is 26.0. The molecule has 1 fully saturated rings. The van der Waals surface area contributed by atoms with Crippen LogP contribution in [0.25, 0.3) is 0 Å². The average molecular weight is 283 g/mol. The Balaban J connectivity index is 2.23. The maximum atomic E-state index is 13.1. The van der Waals surface area contributed by atoms with Crippen molar-refractivity contribution >= 4 is 11.7 Å². The second-order valence-electron chi connectivity index (χ2n) is 4.86. The van der Waals surface area contributed by atoms with Crippen molar-refractivity contribution in [3.8, 4) is 0 Å². The Kier molecular flexibility index (Phi) is 3.87. The molecule has 1 aromatic carbocycles. The zero-order valence-corrected chi connectivity index (χ0v) is 10.7. The van der Waals surface area contributed by atoms with Crippen LogP contribution in [0.5, 0.6) is 0 Å². The molecule has 2 rings (SSSR count). The summed E-state index contributed by atoms with van der Waals surface area (Å²) in [4.78, 5) is 12.1. The van der Waals surface area contributed by atoms with Gasteiger partial charge in [0.1, 0.15) is 5.54 Å². The van der Waals surface area contributed by atoms with Crippen molar-refractivity contribution < 1.29 is 18.8 Å². The molecule has 0 atom stereocenters.